The van der Waals surface area contributed by atoms with E-state index >= 15 is 0 Å². The van der Waals surface area contributed by atoms with Gasteiger partial charge in [0, 0.05) is 24.3 Å². The van der Waals surface area contributed by atoms with E-state index in [9.17, 15) is 19.5 Å². The molecule has 4 spiro atoms. The molecule has 6 fully saturated rings. The van der Waals surface area contributed by atoms with Crippen molar-refractivity contribution in [2.75, 3.05) is 19.8 Å². The Hall–Kier alpha value is -2.57. The maximum atomic E-state index is 13.5. The molecule has 4 bridgehead atoms. The fourth-order valence-electron chi connectivity index (χ4n) is 8.55. The summed E-state index contributed by atoms with van der Waals surface area (Å²) in [4.78, 5) is 38.9. The normalized spacial score (nSPS) is 54.0. The zero-order valence-electron chi connectivity index (χ0n) is 22.3. The van der Waals surface area contributed by atoms with E-state index in [0.29, 0.717) is 19.4 Å². The third kappa shape index (κ3) is 2.94. The Labute approximate surface area is 230 Å². The molecular formula is C29H32O11. The van der Waals surface area contributed by atoms with E-state index in [1.54, 1.807) is 0 Å². The fraction of sp³-hybridized carbons (Fsp3) is 0.690. The Bertz CT molecular complexity index is 1300. The van der Waals surface area contributed by atoms with Crippen molar-refractivity contribution < 1.29 is 52.6 Å². The van der Waals surface area contributed by atoms with Crippen LogP contribution in [0, 0.1) is 10.8 Å². The van der Waals surface area contributed by atoms with Crippen LogP contribution in [0.5, 0.6) is 0 Å². The number of carbonyl (C=O) groups excluding carboxylic acids is 3. The number of allylic oxidation sites excluding steroid dienone is 3. The minimum absolute atomic E-state index is 0.0374. The SMILES string of the molecule is CC1=CC2OC3CC4OC(=O)C=CC=CC56OCC7(CC5OC(=O)C6O)OC7C(=O)OCC2(CC1)C4(C)C31CO1. The second-order valence-electron chi connectivity index (χ2n) is 12.8. The van der Waals surface area contributed by atoms with Gasteiger partial charge in [0.2, 0.25) is 0 Å². The van der Waals surface area contributed by atoms with Gasteiger partial charge in [-0.3, -0.25) is 0 Å². The molecule has 0 amide bonds. The van der Waals surface area contributed by atoms with Crippen LogP contribution in [0.15, 0.2) is 36.0 Å². The summed E-state index contributed by atoms with van der Waals surface area (Å²) in [6.07, 6.45) is 5.60. The maximum Gasteiger partial charge on any atom is 0.338 e. The molecule has 11 unspecified atom stereocenters. The second-order valence-corrected chi connectivity index (χ2v) is 12.8. The van der Waals surface area contributed by atoms with Crippen molar-refractivity contribution >= 4 is 17.9 Å². The molecule has 2 aliphatic carbocycles. The number of aliphatic hydroxyl groups excluding tert-OH is 1. The first-order chi connectivity index (χ1) is 19.1. The van der Waals surface area contributed by atoms with Crippen molar-refractivity contribution in [1.82, 2.24) is 0 Å². The standard InChI is InChI=1S/C29H32O11/c1-15-6-8-26-12-34-24(33)22-27(40-22)11-19-28(35-13-27,21(31)23(32)39-19)7-4-3-5-20(30)38-16-10-18(37-17(26)9-15)29(14-36-29)25(16,26)2/h3-5,7,9,16-19,21-22,31H,6,8,10-14H2,1-2H3. The van der Waals surface area contributed by atoms with E-state index in [1.165, 1.54) is 29.9 Å². The fourth-order valence-corrected chi connectivity index (χ4v) is 8.55. The van der Waals surface area contributed by atoms with Gasteiger partial charge >= 0.3 is 17.9 Å². The molecule has 11 heteroatoms. The second kappa shape index (κ2) is 7.83. The average molecular weight is 557 g/mol. The Kier molecular flexibility index (Phi) is 4.92. The molecule has 7 aliphatic heterocycles. The molecule has 7 heterocycles. The number of ether oxygens (including phenoxy) is 7. The van der Waals surface area contributed by atoms with Crippen LogP contribution < -0.4 is 0 Å². The minimum Gasteiger partial charge on any atom is -0.463 e. The summed E-state index contributed by atoms with van der Waals surface area (Å²) in [7, 11) is 0. The topological polar surface area (TPSA) is 143 Å². The van der Waals surface area contributed by atoms with Crippen LogP contribution in [0.2, 0.25) is 0 Å². The van der Waals surface area contributed by atoms with E-state index in [-0.39, 0.29) is 31.8 Å². The Balaban J connectivity index is 1.19. The van der Waals surface area contributed by atoms with Crippen LogP contribution in [0.1, 0.15) is 39.5 Å². The van der Waals surface area contributed by atoms with Crippen molar-refractivity contribution in [1.29, 1.82) is 0 Å². The van der Waals surface area contributed by atoms with Crippen LogP contribution in [-0.4, -0.2) is 96.3 Å². The maximum absolute atomic E-state index is 13.5. The van der Waals surface area contributed by atoms with Gasteiger partial charge in [-0.05, 0) is 25.8 Å². The highest BCUT2D eigenvalue weighted by molar-refractivity contribution is 5.83. The summed E-state index contributed by atoms with van der Waals surface area (Å²) < 4.78 is 42.3. The summed E-state index contributed by atoms with van der Waals surface area (Å²) in [5.41, 5.74) is -3.26. The van der Waals surface area contributed by atoms with Crippen LogP contribution in [-0.2, 0) is 47.5 Å². The van der Waals surface area contributed by atoms with Gasteiger partial charge in [0.25, 0.3) is 0 Å². The van der Waals surface area contributed by atoms with Gasteiger partial charge < -0.3 is 38.3 Å². The predicted octanol–water partition coefficient (Wildman–Crippen LogP) is 0.823. The zero-order valence-corrected chi connectivity index (χ0v) is 22.3. The zero-order chi connectivity index (χ0) is 27.7. The summed E-state index contributed by atoms with van der Waals surface area (Å²) in [6, 6.07) is 0. The number of hydrogen-bond donors (Lipinski definition) is 1. The molecule has 9 aliphatic rings. The van der Waals surface area contributed by atoms with E-state index in [0.717, 1.165) is 6.42 Å². The van der Waals surface area contributed by atoms with E-state index in [2.05, 4.69) is 19.9 Å². The summed E-state index contributed by atoms with van der Waals surface area (Å²) in [5, 5.41) is 10.6. The van der Waals surface area contributed by atoms with Crippen molar-refractivity contribution in [3.05, 3.63) is 36.0 Å². The first kappa shape index (κ1) is 25.2. The Morgan fingerprint density at radius 1 is 0.975 bits per heavy atom. The van der Waals surface area contributed by atoms with E-state index < -0.39 is 70.0 Å². The van der Waals surface area contributed by atoms with Crippen molar-refractivity contribution in [3.63, 3.8) is 0 Å². The van der Waals surface area contributed by atoms with Gasteiger partial charge in [-0.15, -0.1) is 0 Å². The molecule has 214 valence electrons. The molecule has 0 radical (unpaired) electrons. The lowest BCUT2D eigenvalue weighted by atomic mass is 9.51. The summed E-state index contributed by atoms with van der Waals surface area (Å²) in [6.45, 7) is 4.65. The highest BCUT2D eigenvalue weighted by atomic mass is 16.7. The summed E-state index contributed by atoms with van der Waals surface area (Å²) in [5.74, 6) is -1.89. The highest BCUT2D eigenvalue weighted by Crippen LogP contribution is 2.72. The summed E-state index contributed by atoms with van der Waals surface area (Å²) >= 11 is 0. The van der Waals surface area contributed by atoms with Gasteiger partial charge in [-0.1, -0.05) is 30.7 Å². The molecule has 0 aromatic heterocycles. The molecule has 0 aromatic rings. The number of rotatable bonds is 0. The van der Waals surface area contributed by atoms with Gasteiger partial charge in [0.15, 0.2) is 17.8 Å². The van der Waals surface area contributed by atoms with Gasteiger partial charge in [0.1, 0.15) is 30.0 Å². The molecule has 11 atom stereocenters. The molecule has 1 saturated carbocycles. The number of esters is 3. The first-order valence-corrected chi connectivity index (χ1v) is 14.0. The lowest BCUT2D eigenvalue weighted by Gasteiger charge is -2.58. The van der Waals surface area contributed by atoms with Crippen LogP contribution in [0.25, 0.3) is 0 Å². The number of carbonyl (C=O) groups is 3. The molecule has 11 nitrogen and oxygen atoms in total. The molecule has 5 saturated heterocycles. The predicted molar refractivity (Wildman–Crippen MR) is 131 cm³/mol. The first-order valence-electron chi connectivity index (χ1n) is 14.0. The minimum atomic E-state index is -1.55. The van der Waals surface area contributed by atoms with Gasteiger partial charge in [-0.25, -0.2) is 14.4 Å². The Morgan fingerprint density at radius 2 is 1.80 bits per heavy atom. The van der Waals surface area contributed by atoms with Gasteiger partial charge in [-0.2, -0.15) is 0 Å². The monoisotopic (exact) mass is 556 g/mol. The van der Waals surface area contributed by atoms with Crippen molar-refractivity contribution in [2.45, 2.75) is 93.0 Å². The molecule has 1 N–H and O–H groups in total. The van der Waals surface area contributed by atoms with Crippen LogP contribution >= 0.6 is 0 Å². The quantitative estimate of drug-likeness (QED) is 0.196. The molecular weight excluding hydrogens is 524 g/mol. The van der Waals surface area contributed by atoms with Crippen molar-refractivity contribution in [2.24, 2.45) is 10.8 Å². The van der Waals surface area contributed by atoms with Crippen LogP contribution in [0.4, 0.5) is 0 Å². The number of aliphatic hydroxyl groups is 1. The Morgan fingerprint density at radius 3 is 2.60 bits per heavy atom. The van der Waals surface area contributed by atoms with E-state index in [1.807, 2.05) is 0 Å². The lowest BCUT2D eigenvalue weighted by molar-refractivity contribution is -0.233. The smallest absolute Gasteiger partial charge is 0.338 e. The number of hydrogen-bond acceptors (Lipinski definition) is 11. The highest BCUT2D eigenvalue weighted by Gasteiger charge is 2.83. The molecule has 0 aromatic carbocycles. The van der Waals surface area contributed by atoms with Crippen LogP contribution in [0.3, 0.4) is 0 Å². The third-order valence-corrected chi connectivity index (χ3v) is 11.1. The van der Waals surface area contributed by atoms with Crippen molar-refractivity contribution in [3.8, 4) is 0 Å². The van der Waals surface area contributed by atoms with Gasteiger partial charge in [0.05, 0.1) is 30.8 Å². The number of fused-ring (bicyclic) bond motifs is 6. The van der Waals surface area contributed by atoms with E-state index in [4.69, 9.17) is 33.2 Å². The third-order valence-electron chi connectivity index (χ3n) is 11.1. The largest absolute Gasteiger partial charge is 0.463 e. The molecule has 9 rings (SSSR count). The number of epoxide rings is 2. The average Bonchev–Trinajstić information content (AvgIpc) is 3.82. The lowest BCUT2D eigenvalue weighted by Crippen LogP contribution is -2.66. The molecule has 40 heavy (non-hydrogen) atoms.